The topological polar surface area (TPSA) is 41.1 Å². The molecule has 104 valence electrons. The SMILES string of the molecule is O=C(N[C@@H]1CCCNC1)c1ccccc1C(F)(F)F. The molecular weight excluding hydrogens is 257 g/mol. The van der Waals surface area contributed by atoms with Gasteiger partial charge in [-0.2, -0.15) is 13.2 Å². The van der Waals surface area contributed by atoms with E-state index in [0.29, 0.717) is 6.54 Å². The summed E-state index contributed by atoms with van der Waals surface area (Å²) in [5.74, 6) is -0.665. The maximum Gasteiger partial charge on any atom is 0.417 e. The third-order valence-corrected chi connectivity index (χ3v) is 3.11. The largest absolute Gasteiger partial charge is 0.417 e. The first kappa shape index (κ1) is 13.9. The number of piperidine rings is 1. The van der Waals surface area contributed by atoms with Gasteiger partial charge in [-0.1, -0.05) is 12.1 Å². The molecule has 2 N–H and O–H groups in total. The van der Waals surface area contributed by atoms with Gasteiger partial charge in [0, 0.05) is 12.6 Å². The predicted molar refractivity (Wildman–Crippen MR) is 64.8 cm³/mol. The Balaban J connectivity index is 2.14. The second-order valence-electron chi connectivity index (χ2n) is 4.56. The molecule has 2 rings (SSSR count). The summed E-state index contributed by atoms with van der Waals surface area (Å²) in [6, 6.07) is 4.73. The van der Waals surface area contributed by atoms with Crippen LogP contribution in [0.5, 0.6) is 0 Å². The highest BCUT2D eigenvalue weighted by atomic mass is 19.4. The monoisotopic (exact) mass is 272 g/mol. The first-order valence-corrected chi connectivity index (χ1v) is 6.16. The van der Waals surface area contributed by atoms with Crippen molar-refractivity contribution in [2.75, 3.05) is 13.1 Å². The van der Waals surface area contributed by atoms with E-state index < -0.39 is 17.6 Å². The lowest BCUT2D eigenvalue weighted by Gasteiger charge is -2.24. The van der Waals surface area contributed by atoms with Crippen molar-refractivity contribution < 1.29 is 18.0 Å². The van der Waals surface area contributed by atoms with Crippen LogP contribution in [0.1, 0.15) is 28.8 Å². The Morgan fingerprint density at radius 2 is 2.05 bits per heavy atom. The lowest BCUT2D eigenvalue weighted by atomic mass is 10.0. The Hall–Kier alpha value is -1.56. The van der Waals surface area contributed by atoms with Crippen LogP contribution in [0, 0.1) is 0 Å². The molecule has 0 spiro atoms. The zero-order valence-electron chi connectivity index (χ0n) is 10.3. The Bertz CT molecular complexity index is 453. The summed E-state index contributed by atoms with van der Waals surface area (Å²) < 4.78 is 38.4. The van der Waals surface area contributed by atoms with E-state index in [1.165, 1.54) is 18.2 Å². The van der Waals surface area contributed by atoms with Gasteiger partial charge in [0.1, 0.15) is 0 Å². The zero-order valence-corrected chi connectivity index (χ0v) is 10.3. The van der Waals surface area contributed by atoms with Crippen molar-refractivity contribution in [2.45, 2.75) is 25.1 Å². The highest BCUT2D eigenvalue weighted by molar-refractivity contribution is 5.96. The van der Waals surface area contributed by atoms with Gasteiger partial charge in [-0.05, 0) is 31.5 Å². The first-order valence-electron chi connectivity index (χ1n) is 6.16. The second-order valence-corrected chi connectivity index (χ2v) is 4.56. The Morgan fingerprint density at radius 3 is 2.68 bits per heavy atom. The number of nitrogens with one attached hydrogen (secondary N) is 2. The molecule has 3 nitrogen and oxygen atoms in total. The number of benzene rings is 1. The van der Waals surface area contributed by atoms with Crippen LogP contribution >= 0.6 is 0 Å². The van der Waals surface area contributed by atoms with Crippen molar-refractivity contribution in [3.63, 3.8) is 0 Å². The average molecular weight is 272 g/mol. The van der Waals surface area contributed by atoms with Gasteiger partial charge < -0.3 is 10.6 Å². The summed E-state index contributed by atoms with van der Waals surface area (Å²) in [5, 5.41) is 5.75. The van der Waals surface area contributed by atoms with E-state index in [1.54, 1.807) is 0 Å². The van der Waals surface area contributed by atoms with Gasteiger partial charge in [0.25, 0.3) is 5.91 Å². The molecule has 1 fully saturated rings. The molecule has 1 heterocycles. The maximum absolute atomic E-state index is 12.8. The minimum absolute atomic E-state index is 0.109. The van der Waals surface area contributed by atoms with E-state index in [9.17, 15) is 18.0 Å². The number of hydrogen-bond acceptors (Lipinski definition) is 2. The summed E-state index contributed by atoms with van der Waals surface area (Å²) in [6.45, 7) is 1.48. The summed E-state index contributed by atoms with van der Waals surface area (Å²) in [5.41, 5.74) is -1.21. The van der Waals surface area contributed by atoms with Gasteiger partial charge in [-0.25, -0.2) is 0 Å². The molecule has 1 aromatic rings. The van der Waals surface area contributed by atoms with Gasteiger partial charge in [0.2, 0.25) is 0 Å². The molecule has 1 atom stereocenters. The fourth-order valence-corrected chi connectivity index (χ4v) is 2.17. The molecule has 1 aromatic carbocycles. The van der Waals surface area contributed by atoms with Crippen molar-refractivity contribution in [3.8, 4) is 0 Å². The van der Waals surface area contributed by atoms with Crippen molar-refractivity contribution in [2.24, 2.45) is 0 Å². The lowest BCUT2D eigenvalue weighted by molar-refractivity contribution is -0.137. The molecule has 1 aliphatic heterocycles. The van der Waals surface area contributed by atoms with Crippen LogP contribution in [-0.4, -0.2) is 25.0 Å². The summed E-state index contributed by atoms with van der Waals surface area (Å²) in [6.07, 6.45) is -2.82. The molecule has 1 amide bonds. The minimum atomic E-state index is -4.52. The molecule has 0 aliphatic carbocycles. The van der Waals surface area contributed by atoms with Gasteiger partial charge in [-0.15, -0.1) is 0 Å². The molecule has 1 aliphatic rings. The van der Waals surface area contributed by atoms with Gasteiger partial charge in [-0.3, -0.25) is 4.79 Å². The van der Waals surface area contributed by atoms with E-state index in [-0.39, 0.29) is 11.6 Å². The van der Waals surface area contributed by atoms with Crippen LogP contribution in [-0.2, 0) is 6.18 Å². The number of hydrogen-bond donors (Lipinski definition) is 2. The number of rotatable bonds is 2. The lowest BCUT2D eigenvalue weighted by Crippen LogP contribution is -2.45. The van der Waals surface area contributed by atoms with Gasteiger partial charge in [0.05, 0.1) is 11.1 Å². The molecule has 0 saturated carbocycles. The van der Waals surface area contributed by atoms with E-state index in [0.717, 1.165) is 25.5 Å². The van der Waals surface area contributed by atoms with E-state index in [2.05, 4.69) is 10.6 Å². The van der Waals surface area contributed by atoms with E-state index in [4.69, 9.17) is 0 Å². The van der Waals surface area contributed by atoms with Crippen LogP contribution in [0.2, 0.25) is 0 Å². The zero-order chi connectivity index (χ0) is 13.9. The highest BCUT2D eigenvalue weighted by Crippen LogP contribution is 2.31. The van der Waals surface area contributed by atoms with Crippen LogP contribution in [0.4, 0.5) is 13.2 Å². The first-order chi connectivity index (χ1) is 8.98. The fourth-order valence-electron chi connectivity index (χ4n) is 2.17. The summed E-state index contributed by atoms with van der Waals surface area (Å²) in [4.78, 5) is 11.9. The van der Waals surface area contributed by atoms with Gasteiger partial charge >= 0.3 is 6.18 Å². The van der Waals surface area contributed by atoms with Crippen molar-refractivity contribution in [1.29, 1.82) is 0 Å². The third-order valence-electron chi connectivity index (χ3n) is 3.11. The van der Waals surface area contributed by atoms with E-state index in [1.807, 2.05) is 0 Å². The van der Waals surface area contributed by atoms with Crippen LogP contribution in [0.15, 0.2) is 24.3 Å². The standard InChI is InChI=1S/C13H15F3N2O/c14-13(15,16)11-6-2-1-5-10(11)12(19)18-9-4-3-7-17-8-9/h1-2,5-6,9,17H,3-4,7-8H2,(H,18,19)/t9-/m1/s1. The minimum Gasteiger partial charge on any atom is -0.348 e. The van der Waals surface area contributed by atoms with Crippen molar-refractivity contribution in [1.82, 2.24) is 10.6 Å². The van der Waals surface area contributed by atoms with Crippen molar-refractivity contribution in [3.05, 3.63) is 35.4 Å². The van der Waals surface area contributed by atoms with Gasteiger partial charge in [0.15, 0.2) is 0 Å². The number of carbonyl (C=O) groups is 1. The fraction of sp³-hybridized carbons (Fsp3) is 0.462. The van der Waals surface area contributed by atoms with E-state index >= 15 is 0 Å². The molecule has 0 bridgehead atoms. The number of carbonyl (C=O) groups excluding carboxylic acids is 1. The van der Waals surface area contributed by atoms with Crippen LogP contribution < -0.4 is 10.6 Å². The van der Waals surface area contributed by atoms with Crippen LogP contribution in [0.25, 0.3) is 0 Å². The summed E-state index contributed by atoms with van der Waals surface area (Å²) in [7, 11) is 0. The molecule has 0 radical (unpaired) electrons. The molecular formula is C13H15F3N2O. The molecule has 0 unspecified atom stereocenters. The smallest absolute Gasteiger partial charge is 0.348 e. The Labute approximate surface area is 109 Å². The second kappa shape index (κ2) is 5.61. The molecule has 0 aromatic heterocycles. The average Bonchev–Trinajstić information content (AvgIpc) is 2.39. The predicted octanol–water partition coefficient (Wildman–Crippen LogP) is 2.19. The number of alkyl halides is 3. The quantitative estimate of drug-likeness (QED) is 0.866. The van der Waals surface area contributed by atoms with Crippen LogP contribution in [0.3, 0.4) is 0 Å². The highest BCUT2D eigenvalue weighted by Gasteiger charge is 2.35. The normalized spacial score (nSPS) is 20.1. The third kappa shape index (κ3) is 3.47. The number of halogens is 3. The Morgan fingerprint density at radius 1 is 1.32 bits per heavy atom. The maximum atomic E-state index is 12.8. The molecule has 19 heavy (non-hydrogen) atoms. The molecule has 6 heteroatoms. The Kier molecular flexibility index (Phi) is 4.09. The summed E-state index contributed by atoms with van der Waals surface area (Å²) >= 11 is 0. The number of amides is 1. The molecule has 1 saturated heterocycles. The van der Waals surface area contributed by atoms with Crippen molar-refractivity contribution >= 4 is 5.91 Å².